The highest BCUT2D eigenvalue weighted by Gasteiger charge is 2.13. The molecule has 0 saturated carbocycles. The third-order valence-electron chi connectivity index (χ3n) is 2.42. The third kappa shape index (κ3) is 1.64. The second-order valence-corrected chi connectivity index (χ2v) is 3.28. The van der Waals surface area contributed by atoms with E-state index in [9.17, 15) is 0 Å². The van der Waals surface area contributed by atoms with E-state index in [-0.39, 0.29) is 0 Å². The standard InChI is InChI=1S/C10H14N2/c1-2-6-12-10(3-1)9-4-7-11-8-5-9/h4-5,7-8,10,12H,1-3,6H2/t10-/m1/s1. The minimum Gasteiger partial charge on any atom is -0.310 e. The highest BCUT2D eigenvalue weighted by Crippen LogP contribution is 2.21. The van der Waals surface area contributed by atoms with Gasteiger partial charge in [0.25, 0.3) is 0 Å². The number of piperidine rings is 1. The molecule has 1 N–H and O–H groups in total. The van der Waals surface area contributed by atoms with E-state index in [1.165, 1.54) is 24.8 Å². The van der Waals surface area contributed by atoms with Gasteiger partial charge in [-0.05, 0) is 37.1 Å². The molecule has 2 nitrogen and oxygen atoms in total. The van der Waals surface area contributed by atoms with Gasteiger partial charge in [-0.25, -0.2) is 0 Å². The molecule has 0 radical (unpaired) electrons. The molecule has 0 aliphatic carbocycles. The molecule has 1 fully saturated rings. The van der Waals surface area contributed by atoms with Crippen LogP contribution in [0.15, 0.2) is 24.5 Å². The normalized spacial score (nSPS) is 23.8. The van der Waals surface area contributed by atoms with Gasteiger partial charge in [0.05, 0.1) is 0 Å². The first-order chi connectivity index (χ1) is 5.97. The SMILES string of the molecule is c1cc([C@H]2CCCCN2)ccn1. The second kappa shape index (κ2) is 3.68. The van der Waals surface area contributed by atoms with Gasteiger partial charge < -0.3 is 5.32 Å². The summed E-state index contributed by atoms with van der Waals surface area (Å²) in [5, 5.41) is 3.51. The molecule has 0 aromatic carbocycles. The monoisotopic (exact) mass is 162 g/mol. The molecule has 1 aromatic rings. The van der Waals surface area contributed by atoms with Crippen molar-refractivity contribution in [1.29, 1.82) is 0 Å². The van der Waals surface area contributed by atoms with Gasteiger partial charge in [0.15, 0.2) is 0 Å². The Morgan fingerprint density at radius 3 is 2.75 bits per heavy atom. The van der Waals surface area contributed by atoms with E-state index in [0.717, 1.165) is 6.54 Å². The molecule has 1 aliphatic heterocycles. The summed E-state index contributed by atoms with van der Waals surface area (Å²) < 4.78 is 0. The van der Waals surface area contributed by atoms with Crippen molar-refractivity contribution in [3.63, 3.8) is 0 Å². The van der Waals surface area contributed by atoms with Crippen molar-refractivity contribution in [3.05, 3.63) is 30.1 Å². The lowest BCUT2D eigenvalue weighted by atomic mass is 9.99. The topological polar surface area (TPSA) is 24.9 Å². The summed E-state index contributed by atoms with van der Waals surface area (Å²) in [5.41, 5.74) is 1.38. The molecule has 0 unspecified atom stereocenters. The maximum absolute atomic E-state index is 4.01. The lowest BCUT2D eigenvalue weighted by Crippen LogP contribution is -2.26. The van der Waals surface area contributed by atoms with Gasteiger partial charge >= 0.3 is 0 Å². The smallest absolute Gasteiger partial charge is 0.0321 e. The van der Waals surface area contributed by atoms with Gasteiger partial charge in [0.1, 0.15) is 0 Å². The van der Waals surface area contributed by atoms with E-state index >= 15 is 0 Å². The summed E-state index contributed by atoms with van der Waals surface area (Å²) >= 11 is 0. The molecule has 0 amide bonds. The van der Waals surface area contributed by atoms with Gasteiger partial charge in [-0.3, -0.25) is 4.98 Å². The van der Waals surface area contributed by atoms with Crippen molar-refractivity contribution in [1.82, 2.24) is 10.3 Å². The van der Waals surface area contributed by atoms with Crippen molar-refractivity contribution in [2.75, 3.05) is 6.54 Å². The van der Waals surface area contributed by atoms with Crippen LogP contribution in [0, 0.1) is 0 Å². The molecular weight excluding hydrogens is 148 g/mol. The van der Waals surface area contributed by atoms with Gasteiger partial charge in [-0.1, -0.05) is 6.42 Å². The highest BCUT2D eigenvalue weighted by atomic mass is 14.9. The zero-order chi connectivity index (χ0) is 8.23. The van der Waals surface area contributed by atoms with Crippen LogP contribution in [0.4, 0.5) is 0 Å². The Hall–Kier alpha value is -0.890. The first-order valence-electron chi connectivity index (χ1n) is 4.60. The Balaban J connectivity index is 2.08. The maximum Gasteiger partial charge on any atom is 0.0321 e. The molecule has 2 rings (SSSR count). The Kier molecular flexibility index (Phi) is 2.37. The van der Waals surface area contributed by atoms with Crippen LogP contribution >= 0.6 is 0 Å². The van der Waals surface area contributed by atoms with Crippen LogP contribution < -0.4 is 5.32 Å². The first kappa shape index (κ1) is 7.74. The molecule has 64 valence electrons. The average Bonchev–Trinajstić information content (AvgIpc) is 2.21. The molecule has 2 heterocycles. The Labute approximate surface area is 73.0 Å². The van der Waals surface area contributed by atoms with Crippen molar-refractivity contribution in [2.45, 2.75) is 25.3 Å². The van der Waals surface area contributed by atoms with Crippen LogP contribution in [0.1, 0.15) is 30.9 Å². The van der Waals surface area contributed by atoms with Crippen molar-refractivity contribution in [2.24, 2.45) is 0 Å². The predicted molar refractivity (Wildman–Crippen MR) is 48.8 cm³/mol. The molecule has 1 aromatic heterocycles. The summed E-state index contributed by atoms with van der Waals surface area (Å²) in [6, 6.07) is 4.77. The molecule has 1 saturated heterocycles. The summed E-state index contributed by atoms with van der Waals surface area (Å²) in [5.74, 6) is 0. The lowest BCUT2D eigenvalue weighted by Gasteiger charge is -2.23. The number of rotatable bonds is 1. The number of nitrogens with zero attached hydrogens (tertiary/aromatic N) is 1. The predicted octanol–water partition coefficient (Wildman–Crippen LogP) is 1.90. The van der Waals surface area contributed by atoms with Gasteiger partial charge in [0.2, 0.25) is 0 Å². The Bertz CT molecular complexity index is 227. The maximum atomic E-state index is 4.01. The van der Waals surface area contributed by atoms with Crippen molar-refractivity contribution >= 4 is 0 Å². The number of aromatic nitrogens is 1. The van der Waals surface area contributed by atoms with Crippen molar-refractivity contribution in [3.8, 4) is 0 Å². The quantitative estimate of drug-likeness (QED) is 0.682. The van der Waals surface area contributed by atoms with Gasteiger partial charge in [-0.2, -0.15) is 0 Å². The number of nitrogens with one attached hydrogen (secondary N) is 1. The van der Waals surface area contributed by atoms with E-state index in [4.69, 9.17) is 0 Å². The largest absolute Gasteiger partial charge is 0.310 e. The van der Waals surface area contributed by atoms with Crippen LogP contribution in [0.3, 0.4) is 0 Å². The average molecular weight is 162 g/mol. The zero-order valence-corrected chi connectivity index (χ0v) is 7.16. The summed E-state index contributed by atoms with van der Waals surface area (Å²) in [6.07, 6.45) is 7.67. The molecule has 2 heteroatoms. The summed E-state index contributed by atoms with van der Waals surface area (Å²) in [7, 11) is 0. The first-order valence-corrected chi connectivity index (χ1v) is 4.60. The van der Waals surface area contributed by atoms with Gasteiger partial charge in [-0.15, -0.1) is 0 Å². The lowest BCUT2D eigenvalue weighted by molar-refractivity contribution is 0.412. The molecule has 12 heavy (non-hydrogen) atoms. The second-order valence-electron chi connectivity index (χ2n) is 3.28. The minimum absolute atomic E-state index is 0.571. The van der Waals surface area contributed by atoms with E-state index in [2.05, 4.69) is 22.4 Å². The van der Waals surface area contributed by atoms with E-state index in [0.29, 0.717) is 6.04 Å². The fourth-order valence-corrected chi connectivity index (χ4v) is 1.73. The van der Waals surface area contributed by atoms with Crippen LogP contribution in [0.5, 0.6) is 0 Å². The molecule has 1 atom stereocenters. The molecule has 0 spiro atoms. The number of hydrogen-bond acceptors (Lipinski definition) is 2. The number of pyridine rings is 1. The van der Waals surface area contributed by atoms with Gasteiger partial charge in [0, 0.05) is 18.4 Å². The van der Waals surface area contributed by atoms with Crippen LogP contribution in [0.25, 0.3) is 0 Å². The van der Waals surface area contributed by atoms with E-state index in [1.807, 2.05) is 12.4 Å². The molecule has 0 bridgehead atoms. The minimum atomic E-state index is 0.571. The fraction of sp³-hybridized carbons (Fsp3) is 0.500. The zero-order valence-electron chi connectivity index (χ0n) is 7.16. The summed E-state index contributed by atoms with van der Waals surface area (Å²) in [4.78, 5) is 4.01. The molecule has 1 aliphatic rings. The van der Waals surface area contributed by atoms with Crippen LogP contribution in [0.2, 0.25) is 0 Å². The van der Waals surface area contributed by atoms with E-state index in [1.54, 1.807) is 0 Å². The Morgan fingerprint density at radius 2 is 2.08 bits per heavy atom. The summed E-state index contributed by atoms with van der Waals surface area (Å²) in [6.45, 7) is 1.16. The highest BCUT2D eigenvalue weighted by molar-refractivity contribution is 5.15. The van der Waals surface area contributed by atoms with E-state index < -0.39 is 0 Å². The Morgan fingerprint density at radius 1 is 1.25 bits per heavy atom. The van der Waals surface area contributed by atoms with Crippen molar-refractivity contribution < 1.29 is 0 Å². The van der Waals surface area contributed by atoms with Crippen LogP contribution in [-0.4, -0.2) is 11.5 Å². The fourth-order valence-electron chi connectivity index (χ4n) is 1.73. The third-order valence-corrected chi connectivity index (χ3v) is 2.42. The molecular formula is C10H14N2. The van der Waals surface area contributed by atoms with Crippen LogP contribution in [-0.2, 0) is 0 Å². The number of hydrogen-bond donors (Lipinski definition) is 1.